The zero-order chi connectivity index (χ0) is 15.0. The van der Waals surface area contributed by atoms with Crippen LogP contribution in [0.2, 0.25) is 6.32 Å². The van der Waals surface area contributed by atoms with Gasteiger partial charge in [0.1, 0.15) is 0 Å². The number of aliphatic hydroxyl groups is 1. The highest BCUT2D eigenvalue weighted by atomic mass is 16.3. The smallest absolute Gasteiger partial charge is 0.0682 e. The van der Waals surface area contributed by atoms with Crippen molar-refractivity contribution in [3.05, 3.63) is 0 Å². The number of likely N-dealkylation sites (tertiary alicyclic amines) is 1. The van der Waals surface area contributed by atoms with E-state index in [0.717, 1.165) is 13.0 Å². The maximum absolute atomic E-state index is 10.0. The first-order valence-corrected chi connectivity index (χ1v) is 8.72. The molecule has 2 nitrogen and oxygen atoms in total. The summed E-state index contributed by atoms with van der Waals surface area (Å²) in [6, 6.07) is 0.373. The van der Waals surface area contributed by atoms with E-state index < -0.39 is 0 Å². The molecule has 0 bridgehead atoms. The molecule has 20 heavy (non-hydrogen) atoms. The fourth-order valence-electron chi connectivity index (χ4n) is 3.70. The van der Waals surface area contributed by atoms with Crippen molar-refractivity contribution in [2.75, 3.05) is 6.54 Å². The van der Waals surface area contributed by atoms with Gasteiger partial charge in [0.05, 0.1) is 14.0 Å². The van der Waals surface area contributed by atoms with Crippen molar-refractivity contribution in [1.82, 2.24) is 4.90 Å². The molecule has 0 spiro atoms. The highest BCUT2D eigenvalue weighted by Crippen LogP contribution is 2.36. The van der Waals surface area contributed by atoms with Crippen molar-refractivity contribution >= 4 is 7.85 Å². The Kier molecular flexibility index (Phi) is 8.20. The van der Waals surface area contributed by atoms with Crippen molar-refractivity contribution < 1.29 is 5.11 Å². The Morgan fingerprint density at radius 1 is 1.10 bits per heavy atom. The fraction of sp³-hybridized carbons (Fsp3) is 1.00. The Balaban J connectivity index is 2.68. The maximum atomic E-state index is 10.0. The molecule has 1 fully saturated rings. The molecule has 0 amide bonds. The first kappa shape index (κ1) is 18.0. The standard InChI is InChI=1S/C17H34BNO/c1-4-6-8-10-17(3,11-9-7-5-2)19-14-16(20)12-15(19)13-18/h15-16,20H,4-14H2,1-3H3. The molecule has 0 saturated carbocycles. The number of nitrogens with zero attached hydrogens (tertiary/aromatic N) is 1. The van der Waals surface area contributed by atoms with Crippen LogP contribution in [0, 0.1) is 0 Å². The van der Waals surface area contributed by atoms with Crippen molar-refractivity contribution in [3.8, 4) is 0 Å². The first-order valence-electron chi connectivity index (χ1n) is 8.72. The van der Waals surface area contributed by atoms with E-state index in [-0.39, 0.29) is 11.6 Å². The van der Waals surface area contributed by atoms with Gasteiger partial charge in [0.15, 0.2) is 0 Å². The maximum Gasteiger partial charge on any atom is 0.0682 e. The molecule has 1 rings (SSSR count). The summed E-state index contributed by atoms with van der Waals surface area (Å²) in [7, 11) is 5.94. The molecule has 0 aromatic rings. The molecule has 1 saturated heterocycles. The van der Waals surface area contributed by atoms with E-state index in [0.29, 0.717) is 12.4 Å². The van der Waals surface area contributed by atoms with E-state index in [2.05, 4.69) is 25.7 Å². The van der Waals surface area contributed by atoms with Crippen LogP contribution < -0.4 is 0 Å². The normalized spacial score (nSPS) is 24.4. The average Bonchev–Trinajstić information content (AvgIpc) is 2.81. The van der Waals surface area contributed by atoms with Crippen LogP contribution in [0.1, 0.15) is 78.6 Å². The van der Waals surface area contributed by atoms with E-state index in [1.54, 1.807) is 0 Å². The first-order chi connectivity index (χ1) is 9.57. The number of aliphatic hydroxyl groups excluding tert-OH is 1. The minimum absolute atomic E-state index is 0.180. The lowest BCUT2D eigenvalue weighted by atomic mass is 9.84. The summed E-state index contributed by atoms with van der Waals surface area (Å²) in [5, 5.41) is 10.0. The van der Waals surface area contributed by atoms with E-state index in [9.17, 15) is 5.11 Å². The molecule has 0 aliphatic carbocycles. The zero-order valence-corrected chi connectivity index (χ0v) is 13.9. The second kappa shape index (κ2) is 9.09. The predicted molar refractivity (Wildman–Crippen MR) is 88.4 cm³/mol. The minimum Gasteiger partial charge on any atom is -0.392 e. The van der Waals surface area contributed by atoms with Gasteiger partial charge >= 0.3 is 0 Å². The highest BCUT2D eigenvalue weighted by molar-refractivity contribution is 6.09. The van der Waals surface area contributed by atoms with Crippen molar-refractivity contribution in [3.63, 3.8) is 0 Å². The van der Waals surface area contributed by atoms with Crippen LogP contribution in [0.25, 0.3) is 0 Å². The average molecular weight is 279 g/mol. The van der Waals surface area contributed by atoms with E-state index in [4.69, 9.17) is 7.85 Å². The molecule has 1 aliphatic heterocycles. The summed E-state index contributed by atoms with van der Waals surface area (Å²) in [4.78, 5) is 2.53. The van der Waals surface area contributed by atoms with Crippen LogP contribution >= 0.6 is 0 Å². The summed E-state index contributed by atoms with van der Waals surface area (Å²) in [5.41, 5.74) is 0.228. The third-order valence-electron chi connectivity index (χ3n) is 5.00. The van der Waals surface area contributed by atoms with Gasteiger partial charge in [-0.1, -0.05) is 58.7 Å². The van der Waals surface area contributed by atoms with Gasteiger partial charge < -0.3 is 5.11 Å². The summed E-state index contributed by atoms with van der Waals surface area (Å²) in [6.45, 7) is 7.74. The lowest BCUT2D eigenvalue weighted by Crippen LogP contribution is -2.49. The summed E-state index contributed by atoms with van der Waals surface area (Å²) in [6.07, 6.45) is 11.6. The molecule has 1 N–H and O–H groups in total. The highest BCUT2D eigenvalue weighted by Gasteiger charge is 2.40. The molecule has 0 aromatic heterocycles. The molecule has 1 heterocycles. The lowest BCUT2D eigenvalue weighted by Gasteiger charge is -2.43. The predicted octanol–water partition coefficient (Wildman–Crippen LogP) is 3.93. The van der Waals surface area contributed by atoms with Gasteiger partial charge in [0, 0.05) is 18.1 Å². The number of hydrogen-bond donors (Lipinski definition) is 1. The van der Waals surface area contributed by atoms with Crippen molar-refractivity contribution in [1.29, 1.82) is 0 Å². The molecule has 2 radical (unpaired) electrons. The third-order valence-corrected chi connectivity index (χ3v) is 5.00. The van der Waals surface area contributed by atoms with Gasteiger partial charge in [-0.15, -0.1) is 0 Å². The van der Waals surface area contributed by atoms with E-state index in [1.807, 2.05) is 0 Å². The number of rotatable bonds is 10. The van der Waals surface area contributed by atoms with Gasteiger partial charge in [-0.2, -0.15) is 0 Å². The molecule has 2 atom stereocenters. The molecule has 116 valence electrons. The van der Waals surface area contributed by atoms with Crippen LogP contribution in [0.4, 0.5) is 0 Å². The monoisotopic (exact) mass is 279 g/mol. The summed E-state index contributed by atoms with van der Waals surface area (Å²) >= 11 is 0. The van der Waals surface area contributed by atoms with Gasteiger partial charge in [0.25, 0.3) is 0 Å². The summed E-state index contributed by atoms with van der Waals surface area (Å²) in [5.74, 6) is 0. The van der Waals surface area contributed by atoms with Crippen LogP contribution in [-0.4, -0.2) is 42.1 Å². The largest absolute Gasteiger partial charge is 0.392 e. The topological polar surface area (TPSA) is 23.5 Å². The number of hydrogen-bond acceptors (Lipinski definition) is 2. The molecule has 3 heteroatoms. The third kappa shape index (κ3) is 5.07. The Bertz CT molecular complexity index is 249. The van der Waals surface area contributed by atoms with E-state index in [1.165, 1.54) is 51.4 Å². The quantitative estimate of drug-likeness (QED) is 0.484. The van der Waals surface area contributed by atoms with Gasteiger partial charge in [-0.05, 0) is 26.2 Å². The van der Waals surface area contributed by atoms with Crippen LogP contribution in [0.3, 0.4) is 0 Å². The Labute approximate surface area is 127 Å². The Morgan fingerprint density at radius 3 is 2.10 bits per heavy atom. The lowest BCUT2D eigenvalue weighted by molar-refractivity contribution is 0.0627. The van der Waals surface area contributed by atoms with Crippen LogP contribution in [0.15, 0.2) is 0 Å². The van der Waals surface area contributed by atoms with Crippen LogP contribution in [0.5, 0.6) is 0 Å². The fourth-order valence-corrected chi connectivity index (χ4v) is 3.70. The van der Waals surface area contributed by atoms with Crippen molar-refractivity contribution in [2.24, 2.45) is 0 Å². The molecular weight excluding hydrogens is 245 g/mol. The van der Waals surface area contributed by atoms with E-state index >= 15 is 0 Å². The summed E-state index contributed by atoms with van der Waals surface area (Å²) < 4.78 is 0. The second-order valence-corrected chi connectivity index (χ2v) is 6.84. The zero-order valence-electron chi connectivity index (χ0n) is 13.9. The SMILES string of the molecule is [B]CC1CC(O)CN1C(C)(CCCCC)CCCCC. The number of unbranched alkanes of at least 4 members (excludes halogenated alkanes) is 4. The molecule has 1 aliphatic rings. The second-order valence-electron chi connectivity index (χ2n) is 6.84. The van der Waals surface area contributed by atoms with Gasteiger partial charge in [0.2, 0.25) is 0 Å². The Morgan fingerprint density at radius 2 is 1.65 bits per heavy atom. The Hall–Kier alpha value is -0.0151. The van der Waals surface area contributed by atoms with Gasteiger partial charge in [-0.25, -0.2) is 0 Å². The van der Waals surface area contributed by atoms with Crippen LogP contribution in [-0.2, 0) is 0 Å². The van der Waals surface area contributed by atoms with Gasteiger partial charge in [-0.3, -0.25) is 4.90 Å². The molecular formula is C17H34BNO. The minimum atomic E-state index is -0.180. The number of β-amino-alcohol motifs (C(OH)–C–C–N with tert-alkyl or cyclic N) is 1. The molecule has 0 aromatic carbocycles. The van der Waals surface area contributed by atoms with Crippen molar-refractivity contribution in [2.45, 2.75) is 103 Å². The molecule has 2 unspecified atom stereocenters.